The highest BCUT2D eigenvalue weighted by atomic mass is 15.4. The van der Waals surface area contributed by atoms with E-state index in [1.165, 1.54) is 30.7 Å². The average molecular weight is 211 g/mol. The van der Waals surface area contributed by atoms with Gasteiger partial charge in [0.1, 0.15) is 0 Å². The fraction of sp³-hybridized carbons (Fsp3) is 1.00. The molecular weight excluding hydrogens is 184 g/mol. The predicted molar refractivity (Wildman–Crippen MR) is 64.7 cm³/mol. The molecule has 0 aromatic carbocycles. The van der Waals surface area contributed by atoms with Crippen LogP contribution >= 0.6 is 0 Å². The Bertz CT molecular complexity index is 221. The van der Waals surface area contributed by atoms with E-state index in [0.717, 1.165) is 23.9 Å². The van der Waals surface area contributed by atoms with Crippen LogP contribution in [0.5, 0.6) is 0 Å². The summed E-state index contributed by atoms with van der Waals surface area (Å²) in [6, 6.07) is 1.54. The molecule has 2 nitrogen and oxygen atoms in total. The first-order chi connectivity index (χ1) is 6.92. The van der Waals surface area contributed by atoms with Crippen molar-refractivity contribution in [3.05, 3.63) is 0 Å². The highest BCUT2D eigenvalue weighted by molar-refractivity contribution is 4.89. The summed E-state index contributed by atoms with van der Waals surface area (Å²) < 4.78 is 1.31. The maximum absolute atomic E-state index is 2.67. The molecule has 0 bridgehead atoms. The monoisotopic (exact) mass is 211 g/mol. The quantitative estimate of drug-likeness (QED) is 0.630. The lowest BCUT2D eigenvalue weighted by atomic mass is 10.0. The summed E-state index contributed by atoms with van der Waals surface area (Å²) in [5.74, 6) is 1.94. The van der Waals surface area contributed by atoms with Crippen LogP contribution in [0, 0.1) is 11.8 Å². The maximum Gasteiger partial charge on any atom is 0.0833 e. The molecule has 15 heavy (non-hydrogen) atoms. The largest absolute Gasteiger partial charge is 0.324 e. The molecule has 3 atom stereocenters. The Kier molecular flexibility index (Phi) is 2.85. The lowest BCUT2D eigenvalue weighted by molar-refractivity contribution is -0.921. The SMILES string of the molecule is CC(C)N1C[C@@H]2C[N@@+](C)(C(C)C)C[C@@H]2C1. The van der Waals surface area contributed by atoms with Crippen LogP contribution in [0.2, 0.25) is 0 Å². The second kappa shape index (κ2) is 3.74. The number of quaternary nitrogens is 1. The number of fused-ring (bicyclic) bond motifs is 1. The number of nitrogens with zero attached hydrogens (tertiary/aromatic N) is 2. The van der Waals surface area contributed by atoms with Gasteiger partial charge in [0.25, 0.3) is 0 Å². The van der Waals surface area contributed by atoms with Gasteiger partial charge in [-0.1, -0.05) is 0 Å². The van der Waals surface area contributed by atoms with Crippen LogP contribution in [0.3, 0.4) is 0 Å². The van der Waals surface area contributed by atoms with Crippen LogP contribution in [0.15, 0.2) is 0 Å². The molecule has 0 radical (unpaired) electrons. The minimum absolute atomic E-state index is 0.744. The number of hydrogen-bond donors (Lipinski definition) is 0. The highest BCUT2D eigenvalue weighted by Crippen LogP contribution is 2.36. The number of likely N-dealkylation sites (tertiary alicyclic amines) is 2. The standard InChI is InChI=1S/C13H27N2/c1-10(2)14-6-12-8-15(5,11(3)4)9-13(12)7-14/h10-13H,6-9H2,1-5H3/q+1/t12-,13+,15-. The van der Waals surface area contributed by atoms with Crippen molar-refractivity contribution in [1.82, 2.24) is 4.90 Å². The van der Waals surface area contributed by atoms with E-state index in [1.54, 1.807) is 0 Å². The Morgan fingerprint density at radius 3 is 1.80 bits per heavy atom. The van der Waals surface area contributed by atoms with E-state index in [9.17, 15) is 0 Å². The van der Waals surface area contributed by atoms with Gasteiger partial charge in [-0.2, -0.15) is 0 Å². The predicted octanol–water partition coefficient (Wildman–Crippen LogP) is 1.81. The molecule has 0 saturated carbocycles. The third kappa shape index (κ3) is 1.94. The smallest absolute Gasteiger partial charge is 0.0833 e. The topological polar surface area (TPSA) is 3.24 Å². The van der Waals surface area contributed by atoms with Gasteiger partial charge in [-0.15, -0.1) is 0 Å². The molecule has 0 unspecified atom stereocenters. The summed E-state index contributed by atoms with van der Waals surface area (Å²) >= 11 is 0. The second-order valence-electron chi connectivity index (χ2n) is 6.51. The summed E-state index contributed by atoms with van der Waals surface area (Å²) in [5.41, 5.74) is 0. The van der Waals surface area contributed by atoms with E-state index in [2.05, 4.69) is 39.6 Å². The molecule has 2 heteroatoms. The third-order valence-corrected chi connectivity index (χ3v) is 4.88. The van der Waals surface area contributed by atoms with E-state index < -0.39 is 0 Å². The van der Waals surface area contributed by atoms with Gasteiger partial charge in [0.05, 0.1) is 26.2 Å². The molecule has 2 aliphatic rings. The minimum atomic E-state index is 0.744. The molecule has 2 fully saturated rings. The Hall–Kier alpha value is -0.0800. The van der Waals surface area contributed by atoms with Crippen molar-refractivity contribution in [2.75, 3.05) is 33.2 Å². The minimum Gasteiger partial charge on any atom is -0.324 e. The summed E-state index contributed by atoms with van der Waals surface area (Å²) in [4.78, 5) is 2.67. The Labute approximate surface area is 94.8 Å². The van der Waals surface area contributed by atoms with Gasteiger partial charge in [0.15, 0.2) is 0 Å². The van der Waals surface area contributed by atoms with Crippen molar-refractivity contribution in [1.29, 1.82) is 0 Å². The molecule has 88 valence electrons. The first-order valence-electron chi connectivity index (χ1n) is 6.50. The molecule has 0 aromatic heterocycles. The molecule has 2 saturated heterocycles. The zero-order valence-electron chi connectivity index (χ0n) is 11.0. The zero-order valence-corrected chi connectivity index (χ0v) is 11.0. The van der Waals surface area contributed by atoms with E-state index in [0.29, 0.717) is 0 Å². The zero-order chi connectivity index (χ0) is 11.2. The van der Waals surface area contributed by atoms with Crippen LogP contribution in [0.25, 0.3) is 0 Å². The summed E-state index contributed by atoms with van der Waals surface area (Å²) in [7, 11) is 2.45. The molecule has 2 aliphatic heterocycles. The van der Waals surface area contributed by atoms with Crippen molar-refractivity contribution in [3.8, 4) is 0 Å². The van der Waals surface area contributed by atoms with Crippen molar-refractivity contribution in [3.63, 3.8) is 0 Å². The van der Waals surface area contributed by atoms with Gasteiger partial charge in [-0.25, -0.2) is 0 Å². The number of rotatable bonds is 2. The van der Waals surface area contributed by atoms with Crippen LogP contribution in [0.1, 0.15) is 27.7 Å². The van der Waals surface area contributed by atoms with Crippen LogP contribution < -0.4 is 0 Å². The second-order valence-corrected chi connectivity index (χ2v) is 6.51. The Morgan fingerprint density at radius 2 is 1.47 bits per heavy atom. The molecule has 0 amide bonds. The average Bonchev–Trinajstić information content (AvgIpc) is 2.59. The first kappa shape index (κ1) is 11.4. The molecular formula is C13H27N2+. The Balaban J connectivity index is 1.99. The molecule has 2 rings (SSSR count). The van der Waals surface area contributed by atoms with E-state index >= 15 is 0 Å². The van der Waals surface area contributed by atoms with Crippen LogP contribution in [0.4, 0.5) is 0 Å². The summed E-state index contributed by atoms with van der Waals surface area (Å²) in [5, 5.41) is 0. The van der Waals surface area contributed by atoms with Crippen LogP contribution in [-0.2, 0) is 0 Å². The van der Waals surface area contributed by atoms with Gasteiger partial charge in [-0.3, -0.25) is 4.90 Å². The van der Waals surface area contributed by atoms with Gasteiger partial charge in [0, 0.05) is 31.0 Å². The lowest BCUT2D eigenvalue weighted by Gasteiger charge is -2.36. The fourth-order valence-electron chi connectivity index (χ4n) is 3.38. The van der Waals surface area contributed by atoms with Crippen molar-refractivity contribution in [2.24, 2.45) is 11.8 Å². The van der Waals surface area contributed by atoms with Gasteiger partial charge >= 0.3 is 0 Å². The lowest BCUT2D eigenvalue weighted by Crippen LogP contribution is -2.49. The maximum atomic E-state index is 2.67. The van der Waals surface area contributed by atoms with E-state index in [1.807, 2.05) is 0 Å². The molecule has 0 spiro atoms. The normalized spacial score (nSPS) is 41.8. The first-order valence-corrected chi connectivity index (χ1v) is 6.50. The van der Waals surface area contributed by atoms with Gasteiger partial charge in [-0.05, 0) is 27.7 Å². The van der Waals surface area contributed by atoms with Crippen molar-refractivity contribution >= 4 is 0 Å². The van der Waals surface area contributed by atoms with Crippen LogP contribution in [-0.4, -0.2) is 54.7 Å². The molecule has 0 aliphatic carbocycles. The molecule has 2 heterocycles. The van der Waals surface area contributed by atoms with Crippen molar-refractivity contribution < 1.29 is 4.48 Å². The van der Waals surface area contributed by atoms with Gasteiger partial charge in [0.2, 0.25) is 0 Å². The highest BCUT2D eigenvalue weighted by Gasteiger charge is 2.48. The Morgan fingerprint density at radius 1 is 1.00 bits per heavy atom. The molecule has 0 aromatic rings. The van der Waals surface area contributed by atoms with Gasteiger partial charge < -0.3 is 4.48 Å². The number of hydrogen-bond acceptors (Lipinski definition) is 1. The fourth-order valence-corrected chi connectivity index (χ4v) is 3.38. The van der Waals surface area contributed by atoms with E-state index in [4.69, 9.17) is 0 Å². The third-order valence-electron chi connectivity index (χ3n) is 4.88. The van der Waals surface area contributed by atoms with Crippen molar-refractivity contribution in [2.45, 2.75) is 39.8 Å². The summed E-state index contributed by atoms with van der Waals surface area (Å²) in [6.45, 7) is 14.9. The molecule has 0 N–H and O–H groups in total. The summed E-state index contributed by atoms with van der Waals surface area (Å²) in [6.07, 6.45) is 0. The van der Waals surface area contributed by atoms with E-state index in [-0.39, 0.29) is 0 Å².